The van der Waals surface area contributed by atoms with Crippen LogP contribution >= 0.6 is 11.6 Å². The van der Waals surface area contributed by atoms with E-state index in [1.54, 1.807) is 24.0 Å². The van der Waals surface area contributed by atoms with Crippen molar-refractivity contribution in [2.45, 2.75) is 40.8 Å². The van der Waals surface area contributed by atoms with Gasteiger partial charge < -0.3 is 9.47 Å². The highest BCUT2D eigenvalue weighted by Crippen LogP contribution is 2.23. The average molecular weight is 402 g/mol. The van der Waals surface area contributed by atoms with Crippen molar-refractivity contribution in [1.82, 2.24) is 14.5 Å². The number of aryl methyl sites for hydroxylation is 2. The van der Waals surface area contributed by atoms with Gasteiger partial charge in [-0.3, -0.25) is 4.79 Å². The highest BCUT2D eigenvalue weighted by atomic mass is 35.5. The number of carbonyl (C=O) groups is 1. The van der Waals surface area contributed by atoms with Crippen LogP contribution in [0.2, 0.25) is 5.02 Å². The van der Waals surface area contributed by atoms with Gasteiger partial charge in [-0.1, -0.05) is 31.5 Å². The fourth-order valence-corrected chi connectivity index (χ4v) is 3.52. The van der Waals surface area contributed by atoms with Gasteiger partial charge >= 0.3 is 0 Å². The Hall–Kier alpha value is -2.40. The topological polar surface area (TPSA) is 38.1 Å². The summed E-state index contributed by atoms with van der Waals surface area (Å²) in [5.74, 6) is 0.501. The molecule has 2 aromatic carbocycles. The van der Waals surface area contributed by atoms with E-state index in [0.717, 1.165) is 23.4 Å². The number of benzene rings is 2. The monoisotopic (exact) mass is 401 g/mol. The second kappa shape index (κ2) is 8.31. The lowest BCUT2D eigenvalue weighted by Crippen LogP contribution is -2.34. The van der Waals surface area contributed by atoms with E-state index in [2.05, 4.69) is 18.4 Å². The smallest absolute Gasteiger partial charge is 0.254 e. The van der Waals surface area contributed by atoms with Crippen molar-refractivity contribution in [1.29, 1.82) is 0 Å². The summed E-state index contributed by atoms with van der Waals surface area (Å²) in [6.07, 6.45) is 0. The molecule has 1 aromatic heterocycles. The predicted octanol–water partition coefficient (Wildman–Crippen LogP) is 5.46. The Bertz CT molecular complexity index is 1010. The first-order chi connectivity index (χ1) is 13.3. The van der Waals surface area contributed by atoms with Crippen molar-refractivity contribution in [3.8, 4) is 0 Å². The van der Waals surface area contributed by atoms with E-state index in [0.29, 0.717) is 29.2 Å². The first-order valence-corrected chi connectivity index (χ1v) is 9.88. The molecular weight excluding hydrogens is 377 g/mol. The Morgan fingerprint density at radius 1 is 1.25 bits per heavy atom. The number of rotatable bonds is 6. The number of fused-ring (bicyclic) bond motifs is 1. The molecule has 0 aliphatic rings. The van der Waals surface area contributed by atoms with Crippen LogP contribution in [0.1, 0.15) is 42.5 Å². The van der Waals surface area contributed by atoms with E-state index < -0.39 is 0 Å². The predicted molar refractivity (Wildman–Crippen MR) is 111 cm³/mol. The molecule has 0 bridgehead atoms. The fraction of sp³-hybridized carbons (Fsp3) is 0.364. The molecule has 0 unspecified atom stereocenters. The summed E-state index contributed by atoms with van der Waals surface area (Å²) >= 11 is 6.15. The minimum absolute atomic E-state index is 0.194. The lowest BCUT2D eigenvalue weighted by atomic mass is 10.1. The summed E-state index contributed by atoms with van der Waals surface area (Å²) in [4.78, 5) is 19.6. The molecule has 0 saturated carbocycles. The number of imidazole rings is 1. The van der Waals surface area contributed by atoms with Crippen LogP contribution in [0.25, 0.3) is 11.0 Å². The molecule has 0 atom stereocenters. The number of nitrogens with zero attached hydrogens (tertiary/aromatic N) is 3. The molecule has 3 rings (SSSR count). The van der Waals surface area contributed by atoms with Crippen molar-refractivity contribution < 1.29 is 9.18 Å². The molecule has 0 radical (unpaired) electrons. The van der Waals surface area contributed by atoms with Gasteiger partial charge in [0.1, 0.15) is 11.6 Å². The third kappa shape index (κ3) is 4.20. The number of carbonyl (C=O) groups excluding carboxylic acids is 1. The third-order valence-electron chi connectivity index (χ3n) is 4.73. The van der Waals surface area contributed by atoms with E-state index in [1.165, 1.54) is 6.07 Å². The van der Waals surface area contributed by atoms with Crippen molar-refractivity contribution in [3.05, 3.63) is 64.2 Å². The van der Waals surface area contributed by atoms with Crippen molar-refractivity contribution in [2.24, 2.45) is 5.92 Å². The molecule has 1 heterocycles. The zero-order chi connectivity index (χ0) is 20.4. The minimum Gasteiger partial charge on any atom is -0.331 e. The van der Waals surface area contributed by atoms with Crippen LogP contribution in [0.5, 0.6) is 0 Å². The average Bonchev–Trinajstić information content (AvgIpc) is 2.98. The highest BCUT2D eigenvalue weighted by molar-refractivity contribution is 6.31. The first-order valence-electron chi connectivity index (χ1n) is 9.50. The first kappa shape index (κ1) is 20.3. The number of amides is 1. The van der Waals surface area contributed by atoms with E-state index in [1.807, 2.05) is 25.1 Å². The van der Waals surface area contributed by atoms with Gasteiger partial charge in [-0.2, -0.15) is 0 Å². The number of halogens is 2. The van der Waals surface area contributed by atoms with Crippen LogP contribution in [-0.4, -0.2) is 26.9 Å². The van der Waals surface area contributed by atoms with Crippen molar-refractivity contribution >= 4 is 28.5 Å². The van der Waals surface area contributed by atoms with Crippen LogP contribution in [0.4, 0.5) is 4.39 Å². The van der Waals surface area contributed by atoms with Gasteiger partial charge in [-0.15, -0.1) is 0 Å². The van der Waals surface area contributed by atoms with Crippen molar-refractivity contribution in [2.75, 3.05) is 6.54 Å². The molecule has 0 spiro atoms. The second-order valence-electron chi connectivity index (χ2n) is 7.45. The van der Waals surface area contributed by atoms with Gasteiger partial charge in [0.2, 0.25) is 0 Å². The normalized spacial score (nSPS) is 11.4. The number of hydrogen-bond acceptors (Lipinski definition) is 2. The molecule has 0 N–H and O–H groups in total. The molecule has 1 amide bonds. The molecular formula is C22H25ClFN3O. The highest BCUT2D eigenvalue weighted by Gasteiger charge is 2.21. The molecule has 28 heavy (non-hydrogen) atoms. The van der Waals surface area contributed by atoms with E-state index in [4.69, 9.17) is 16.6 Å². The Morgan fingerprint density at radius 2 is 2.00 bits per heavy atom. The van der Waals surface area contributed by atoms with Crippen LogP contribution in [0.3, 0.4) is 0 Å². The van der Waals surface area contributed by atoms with Gasteiger partial charge in [-0.05, 0) is 55.7 Å². The van der Waals surface area contributed by atoms with E-state index in [9.17, 15) is 9.18 Å². The van der Waals surface area contributed by atoms with E-state index >= 15 is 0 Å². The number of aromatic nitrogens is 2. The summed E-state index contributed by atoms with van der Waals surface area (Å²) in [7, 11) is 0. The molecule has 0 aliphatic heterocycles. The fourth-order valence-electron chi connectivity index (χ4n) is 3.36. The maximum Gasteiger partial charge on any atom is 0.254 e. The van der Waals surface area contributed by atoms with Gasteiger partial charge in [-0.25, -0.2) is 9.37 Å². The zero-order valence-electron chi connectivity index (χ0n) is 16.7. The van der Waals surface area contributed by atoms with Gasteiger partial charge in [0.25, 0.3) is 5.91 Å². The number of hydrogen-bond donors (Lipinski definition) is 0. The standard InChI is InChI=1S/C22H25ClFN3O/c1-5-27-20-11-17(23)8-9-19(20)25-21(27)13-26(12-14(2)3)22(28)16-7-6-15(4)18(24)10-16/h6-11,14H,5,12-13H2,1-4H3. The summed E-state index contributed by atoms with van der Waals surface area (Å²) in [6.45, 7) is 9.46. The van der Waals surface area contributed by atoms with Crippen LogP contribution < -0.4 is 0 Å². The summed E-state index contributed by atoms with van der Waals surface area (Å²) in [5, 5.41) is 0.652. The van der Waals surface area contributed by atoms with Crippen LogP contribution in [-0.2, 0) is 13.1 Å². The summed E-state index contributed by atoms with van der Waals surface area (Å²) in [5.41, 5.74) is 2.67. The molecule has 0 saturated heterocycles. The summed E-state index contributed by atoms with van der Waals surface area (Å²) < 4.78 is 16.1. The van der Waals surface area contributed by atoms with Crippen LogP contribution in [0.15, 0.2) is 36.4 Å². The van der Waals surface area contributed by atoms with Gasteiger partial charge in [0, 0.05) is 23.7 Å². The Kier molecular flexibility index (Phi) is 6.04. The zero-order valence-corrected chi connectivity index (χ0v) is 17.4. The Balaban J connectivity index is 1.98. The molecule has 6 heteroatoms. The SMILES string of the molecule is CCn1c(CN(CC(C)C)C(=O)c2ccc(C)c(F)c2)nc2ccc(Cl)cc21. The van der Waals surface area contributed by atoms with Crippen LogP contribution in [0, 0.1) is 18.7 Å². The minimum atomic E-state index is -0.370. The molecule has 148 valence electrons. The lowest BCUT2D eigenvalue weighted by Gasteiger charge is -2.25. The molecule has 4 nitrogen and oxygen atoms in total. The molecule has 3 aromatic rings. The molecule has 0 aliphatic carbocycles. The van der Waals surface area contributed by atoms with E-state index in [-0.39, 0.29) is 17.6 Å². The third-order valence-corrected chi connectivity index (χ3v) is 4.96. The Labute approximate surface area is 169 Å². The van der Waals surface area contributed by atoms with Crippen molar-refractivity contribution in [3.63, 3.8) is 0 Å². The largest absolute Gasteiger partial charge is 0.331 e. The maximum atomic E-state index is 14.0. The quantitative estimate of drug-likeness (QED) is 0.550. The summed E-state index contributed by atoms with van der Waals surface area (Å²) in [6, 6.07) is 10.2. The molecule has 0 fully saturated rings. The maximum absolute atomic E-state index is 14.0. The van der Waals surface area contributed by atoms with Gasteiger partial charge in [0.05, 0.1) is 17.6 Å². The Morgan fingerprint density at radius 3 is 2.64 bits per heavy atom. The van der Waals surface area contributed by atoms with Gasteiger partial charge in [0.15, 0.2) is 0 Å². The lowest BCUT2D eigenvalue weighted by molar-refractivity contribution is 0.0716. The second-order valence-corrected chi connectivity index (χ2v) is 7.89.